The van der Waals surface area contributed by atoms with E-state index in [1.54, 1.807) is 36.4 Å². The van der Waals surface area contributed by atoms with Crippen LogP contribution in [0, 0.1) is 5.82 Å². The van der Waals surface area contributed by atoms with Crippen molar-refractivity contribution in [2.45, 2.75) is 13.3 Å². The molecule has 0 atom stereocenters. The second-order valence-corrected chi connectivity index (χ2v) is 4.49. The van der Waals surface area contributed by atoms with Crippen LogP contribution in [0.1, 0.15) is 22.8 Å². The van der Waals surface area contributed by atoms with E-state index < -0.39 is 5.82 Å². The molecule has 4 heteroatoms. The van der Waals surface area contributed by atoms with Gasteiger partial charge in [-0.2, -0.15) is 0 Å². The van der Waals surface area contributed by atoms with Gasteiger partial charge in [-0.15, -0.1) is 0 Å². The van der Waals surface area contributed by atoms with Crippen LogP contribution in [0.2, 0.25) is 0 Å². The van der Waals surface area contributed by atoms with Crippen molar-refractivity contribution in [3.8, 4) is 11.5 Å². The summed E-state index contributed by atoms with van der Waals surface area (Å²) >= 11 is 0. The zero-order valence-corrected chi connectivity index (χ0v) is 12.1. The second kappa shape index (κ2) is 6.88. The van der Waals surface area contributed by atoms with Crippen LogP contribution in [0.4, 0.5) is 4.39 Å². The molecule has 0 fully saturated rings. The molecule has 3 nitrogen and oxygen atoms in total. The third-order valence-electron chi connectivity index (χ3n) is 3.10. The number of Topliss-reactive ketones (excluding diaryl/α,β-unsaturated/α-hetero) is 1. The first-order valence-electron chi connectivity index (χ1n) is 6.73. The van der Waals surface area contributed by atoms with E-state index >= 15 is 0 Å². The maximum absolute atomic E-state index is 14.0. The minimum Gasteiger partial charge on any atom is -0.494 e. The average molecular weight is 288 g/mol. The van der Waals surface area contributed by atoms with Gasteiger partial charge in [0.15, 0.2) is 17.3 Å². The van der Waals surface area contributed by atoms with E-state index in [1.165, 1.54) is 13.2 Å². The van der Waals surface area contributed by atoms with E-state index in [-0.39, 0.29) is 18.0 Å². The van der Waals surface area contributed by atoms with Crippen molar-refractivity contribution in [3.63, 3.8) is 0 Å². The number of ether oxygens (including phenoxy) is 2. The predicted molar refractivity (Wildman–Crippen MR) is 78.6 cm³/mol. The summed E-state index contributed by atoms with van der Waals surface area (Å²) in [5, 5.41) is 0. The molecule has 2 aromatic carbocycles. The summed E-state index contributed by atoms with van der Waals surface area (Å²) in [6, 6.07) is 11.6. The largest absolute Gasteiger partial charge is 0.494 e. The highest BCUT2D eigenvalue weighted by Crippen LogP contribution is 2.22. The average Bonchev–Trinajstić information content (AvgIpc) is 2.50. The molecule has 2 aromatic rings. The minimum absolute atomic E-state index is 0.00296. The van der Waals surface area contributed by atoms with E-state index in [0.717, 1.165) is 0 Å². The topological polar surface area (TPSA) is 35.5 Å². The number of halogens is 1. The van der Waals surface area contributed by atoms with Crippen molar-refractivity contribution in [2.24, 2.45) is 0 Å². The summed E-state index contributed by atoms with van der Waals surface area (Å²) in [6.45, 7) is 2.47. The van der Waals surface area contributed by atoms with Gasteiger partial charge in [-0.25, -0.2) is 4.39 Å². The summed E-state index contributed by atoms with van der Waals surface area (Å²) < 4.78 is 24.2. The maximum Gasteiger partial charge on any atom is 0.168 e. The van der Waals surface area contributed by atoms with E-state index in [1.807, 2.05) is 6.92 Å². The van der Waals surface area contributed by atoms with Gasteiger partial charge in [0, 0.05) is 12.0 Å². The molecule has 0 N–H and O–H groups in total. The standard InChI is InChI=1S/C17H17FO3/c1-3-21-14-9-7-12(8-10-14)15(19)11-13-5-4-6-16(20-2)17(13)18/h4-10H,3,11H2,1-2H3. The number of benzene rings is 2. The first-order chi connectivity index (χ1) is 10.2. The molecule has 0 heterocycles. The summed E-state index contributed by atoms with van der Waals surface area (Å²) in [6.07, 6.45) is -0.00296. The molecular formula is C17H17FO3. The lowest BCUT2D eigenvalue weighted by atomic mass is 10.0. The zero-order chi connectivity index (χ0) is 15.2. The molecule has 0 bridgehead atoms. The van der Waals surface area contributed by atoms with Crippen LogP contribution in [0.5, 0.6) is 11.5 Å². The number of methoxy groups -OCH3 is 1. The quantitative estimate of drug-likeness (QED) is 0.761. The molecule has 110 valence electrons. The first kappa shape index (κ1) is 15.0. The molecular weight excluding hydrogens is 271 g/mol. The fraction of sp³-hybridized carbons (Fsp3) is 0.235. The Morgan fingerprint density at radius 2 is 1.86 bits per heavy atom. The van der Waals surface area contributed by atoms with Gasteiger partial charge in [0.2, 0.25) is 0 Å². The fourth-order valence-corrected chi connectivity index (χ4v) is 2.03. The normalized spacial score (nSPS) is 10.2. The van der Waals surface area contributed by atoms with Crippen LogP contribution in [0.15, 0.2) is 42.5 Å². The Bertz CT molecular complexity index is 620. The van der Waals surface area contributed by atoms with Crippen molar-refractivity contribution in [1.82, 2.24) is 0 Å². The van der Waals surface area contributed by atoms with Crippen LogP contribution in [-0.4, -0.2) is 19.5 Å². The Labute approximate surface area is 123 Å². The molecule has 0 aliphatic rings. The Morgan fingerprint density at radius 3 is 2.48 bits per heavy atom. The molecule has 0 saturated carbocycles. The summed E-state index contributed by atoms with van der Waals surface area (Å²) in [7, 11) is 1.40. The van der Waals surface area contributed by atoms with Gasteiger partial charge in [0.05, 0.1) is 13.7 Å². The molecule has 0 unspecified atom stereocenters. The van der Waals surface area contributed by atoms with Crippen molar-refractivity contribution < 1.29 is 18.7 Å². The van der Waals surface area contributed by atoms with Crippen LogP contribution in [0.3, 0.4) is 0 Å². The summed E-state index contributed by atoms with van der Waals surface area (Å²) in [5.74, 6) is 0.220. The van der Waals surface area contributed by atoms with Crippen molar-refractivity contribution in [1.29, 1.82) is 0 Å². The van der Waals surface area contributed by atoms with Gasteiger partial charge in [-0.05, 0) is 42.8 Å². The first-order valence-corrected chi connectivity index (χ1v) is 6.73. The smallest absolute Gasteiger partial charge is 0.168 e. The van der Waals surface area contributed by atoms with Gasteiger partial charge in [0.25, 0.3) is 0 Å². The number of carbonyl (C=O) groups excluding carboxylic acids is 1. The van der Waals surface area contributed by atoms with Crippen LogP contribution in [-0.2, 0) is 6.42 Å². The molecule has 0 amide bonds. The zero-order valence-electron chi connectivity index (χ0n) is 12.1. The Balaban J connectivity index is 2.14. The SMILES string of the molecule is CCOc1ccc(C(=O)Cc2cccc(OC)c2F)cc1. The lowest BCUT2D eigenvalue weighted by Gasteiger charge is -2.07. The molecule has 0 radical (unpaired) electrons. The predicted octanol–water partition coefficient (Wildman–Crippen LogP) is 3.66. The molecule has 0 saturated heterocycles. The molecule has 0 aromatic heterocycles. The van der Waals surface area contributed by atoms with E-state index in [0.29, 0.717) is 23.5 Å². The fourth-order valence-electron chi connectivity index (χ4n) is 2.03. The van der Waals surface area contributed by atoms with E-state index in [2.05, 4.69) is 0 Å². The van der Waals surface area contributed by atoms with Crippen LogP contribution < -0.4 is 9.47 Å². The van der Waals surface area contributed by atoms with Crippen molar-refractivity contribution in [3.05, 3.63) is 59.4 Å². The number of hydrogen-bond acceptors (Lipinski definition) is 3. The van der Waals surface area contributed by atoms with Gasteiger partial charge < -0.3 is 9.47 Å². The van der Waals surface area contributed by atoms with Gasteiger partial charge in [-0.3, -0.25) is 4.79 Å². The van der Waals surface area contributed by atoms with Gasteiger partial charge >= 0.3 is 0 Å². The number of rotatable bonds is 6. The monoisotopic (exact) mass is 288 g/mol. The Hall–Kier alpha value is -2.36. The Morgan fingerprint density at radius 1 is 1.14 bits per heavy atom. The molecule has 0 aliphatic heterocycles. The highest BCUT2D eigenvalue weighted by atomic mass is 19.1. The highest BCUT2D eigenvalue weighted by Gasteiger charge is 2.13. The molecule has 0 spiro atoms. The molecule has 0 aliphatic carbocycles. The lowest BCUT2D eigenvalue weighted by Crippen LogP contribution is -2.06. The summed E-state index contributed by atoms with van der Waals surface area (Å²) in [5.41, 5.74) is 0.855. The Kier molecular flexibility index (Phi) is 4.93. The molecule has 2 rings (SSSR count). The number of hydrogen-bond donors (Lipinski definition) is 0. The third kappa shape index (κ3) is 3.60. The number of ketones is 1. The van der Waals surface area contributed by atoms with Crippen LogP contribution in [0.25, 0.3) is 0 Å². The summed E-state index contributed by atoms with van der Waals surface area (Å²) in [4.78, 5) is 12.2. The van der Waals surface area contributed by atoms with Gasteiger partial charge in [0.1, 0.15) is 5.75 Å². The maximum atomic E-state index is 14.0. The highest BCUT2D eigenvalue weighted by molar-refractivity contribution is 5.97. The minimum atomic E-state index is -0.487. The van der Waals surface area contributed by atoms with E-state index in [9.17, 15) is 9.18 Å². The third-order valence-corrected chi connectivity index (χ3v) is 3.10. The number of carbonyl (C=O) groups is 1. The van der Waals surface area contributed by atoms with Crippen molar-refractivity contribution >= 4 is 5.78 Å². The second-order valence-electron chi connectivity index (χ2n) is 4.49. The van der Waals surface area contributed by atoms with E-state index in [4.69, 9.17) is 9.47 Å². The lowest BCUT2D eigenvalue weighted by molar-refractivity contribution is 0.0991. The van der Waals surface area contributed by atoms with Gasteiger partial charge in [-0.1, -0.05) is 12.1 Å². The van der Waals surface area contributed by atoms with Crippen LogP contribution >= 0.6 is 0 Å². The van der Waals surface area contributed by atoms with Crippen molar-refractivity contribution in [2.75, 3.05) is 13.7 Å². The molecule has 21 heavy (non-hydrogen) atoms.